The zero-order valence-electron chi connectivity index (χ0n) is 11.7. The fourth-order valence-electron chi connectivity index (χ4n) is 1.76. The van der Waals surface area contributed by atoms with Gasteiger partial charge in [-0.1, -0.05) is 48.8 Å². The average molecular weight is 287 g/mol. The van der Waals surface area contributed by atoms with Crippen LogP contribution in [0.3, 0.4) is 0 Å². The molecule has 21 heavy (non-hydrogen) atoms. The number of nitrogens with two attached hydrogens (primary N) is 1. The van der Waals surface area contributed by atoms with E-state index in [4.69, 9.17) is 5.73 Å². The Labute approximate surface area is 122 Å². The summed E-state index contributed by atoms with van der Waals surface area (Å²) in [5.74, 6) is -0.246. The molecular formula is C13H17N7O. The standard InChI is InChI=1S/C13H17N7O/c1-2-6-11(10-7-4-3-5-8-10)15-16-12(21)9-20-13(14)17-18-19-20/h3-5,7-8H,2,6,9H2,1H3,(H,16,21)(H2,14,17,19)/b15-11+. The quantitative estimate of drug-likeness (QED) is 0.596. The Kier molecular flexibility index (Phi) is 4.97. The van der Waals surface area contributed by atoms with E-state index in [1.165, 1.54) is 4.68 Å². The highest BCUT2D eigenvalue weighted by atomic mass is 16.2. The van der Waals surface area contributed by atoms with Gasteiger partial charge in [-0.3, -0.25) is 4.79 Å². The van der Waals surface area contributed by atoms with Crippen LogP contribution in [-0.2, 0) is 11.3 Å². The fourth-order valence-corrected chi connectivity index (χ4v) is 1.76. The van der Waals surface area contributed by atoms with Crippen molar-refractivity contribution in [3.63, 3.8) is 0 Å². The lowest BCUT2D eigenvalue weighted by molar-refractivity contribution is -0.121. The van der Waals surface area contributed by atoms with Gasteiger partial charge in [0.25, 0.3) is 5.91 Å². The number of anilines is 1. The van der Waals surface area contributed by atoms with Crippen molar-refractivity contribution < 1.29 is 4.79 Å². The molecule has 0 saturated carbocycles. The third-order valence-electron chi connectivity index (χ3n) is 2.76. The lowest BCUT2D eigenvalue weighted by Gasteiger charge is -2.06. The minimum Gasteiger partial charge on any atom is -0.367 e. The second-order valence-corrected chi connectivity index (χ2v) is 4.40. The molecule has 1 aromatic heterocycles. The molecular weight excluding hydrogens is 270 g/mol. The molecule has 0 saturated heterocycles. The number of carbonyl (C=O) groups excluding carboxylic acids is 1. The molecule has 2 aromatic rings. The van der Waals surface area contributed by atoms with Crippen molar-refractivity contribution in [3.8, 4) is 0 Å². The molecule has 1 heterocycles. The van der Waals surface area contributed by atoms with Crippen molar-refractivity contribution in [2.24, 2.45) is 5.10 Å². The molecule has 0 spiro atoms. The highest BCUT2D eigenvalue weighted by Gasteiger charge is 2.08. The molecule has 0 fully saturated rings. The van der Waals surface area contributed by atoms with Crippen LogP contribution in [0, 0.1) is 0 Å². The number of hydrogen-bond donors (Lipinski definition) is 2. The number of nitrogens with zero attached hydrogens (tertiary/aromatic N) is 5. The number of nitrogen functional groups attached to an aromatic ring is 1. The first-order valence-electron chi connectivity index (χ1n) is 6.63. The van der Waals surface area contributed by atoms with Crippen LogP contribution in [-0.4, -0.2) is 31.8 Å². The summed E-state index contributed by atoms with van der Waals surface area (Å²) in [7, 11) is 0. The van der Waals surface area contributed by atoms with Crippen LogP contribution in [0.2, 0.25) is 0 Å². The largest absolute Gasteiger partial charge is 0.367 e. The van der Waals surface area contributed by atoms with E-state index >= 15 is 0 Å². The first-order chi connectivity index (χ1) is 10.2. The molecule has 110 valence electrons. The number of amides is 1. The Morgan fingerprint density at radius 2 is 2.14 bits per heavy atom. The maximum absolute atomic E-state index is 11.8. The van der Waals surface area contributed by atoms with E-state index in [2.05, 4.69) is 33.0 Å². The van der Waals surface area contributed by atoms with Crippen molar-refractivity contribution in [1.82, 2.24) is 25.6 Å². The molecule has 1 amide bonds. The van der Waals surface area contributed by atoms with Crippen molar-refractivity contribution >= 4 is 17.6 Å². The van der Waals surface area contributed by atoms with Crippen molar-refractivity contribution in [1.29, 1.82) is 0 Å². The zero-order chi connectivity index (χ0) is 15.1. The summed E-state index contributed by atoms with van der Waals surface area (Å²) in [6.07, 6.45) is 1.71. The topological polar surface area (TPSA) is 111 Å². The number of benzene rings is 1. The number of hydrogen-bond acceptors (Lipinski definition) is 6. The predicted molar refractivity (Wildman–Crippen MR) is 78.3 cm³/mol. The van der Waals surface area contributed by atoms with Gasteiger partial charge in [0, 0.05) is 0 Å². The summed E-state index contributed by atoms with van der Waals surface area (Å²) < 4.78 is 1.20. The Morgan fingerprint density at radius 1 is 1.38 bits per heavy atom. The first kappa shape index (κ1) is 14.6. The molecule has 0 aliphatic heterocycles. The predicted octanol–water partition coefficient (Wildman–Crippen LogP) is 0.576. The molecule has 0 atom stereocenters. The van der Waals surface area contributed by atoms with Crippen molar-refractivity contribution in [2.45, 2.75) is 26.3 Å². The molecule has 0 radical (unpaired) electrons. The number of tetrazole rings is 1. The second-order valence-electron chi connectivity index (χ2n) is 4.40. The summed E-state index contributed by atoms with van der Waals surface area (Å²) in [6, 6.07) is 9.72. The number of aromatic nitrogens is 4. The van der Waals surface area contributed by atoms with Gasteiger partial charge in [0.2, 0.25) is 5.95 Å². The molecule has 0 aliphatic rings. The number of hydrazone groups is 1. The minimum atomic E-state index is -0.335. The second kappa shape index (κ2) is 7.13. The number of nitrogens with one attached hydrogen (secondary N) is 1. The van der Waals surface area contributed by atoms with Gasteiger partial charge in [-0.05, 0) is 22.4 Å². The molecule has 8 nitrogen and oxygen atoms in total. The highest BCUT2D eigenvalue weighted by Crippen LogP contribution is 2.06. The maximum Gasteiger partial charge on any atom is 0.262 e. The SMILES string of the molecule is CCC/C(=N\NC(=O)Cn1nnnc1N)c1ccccc1. The Balaban J connectivity index is 2.03. The average Bonchev–Trinajstić information content (AvgIpc) is 2.89. The van der Waals surface area contributed by atoms with E-state index in [1.807, 2.05) is 30.3 Å². The van der Waals surface area contributed by atoms with Crippen LogP contribution < -0.4 is 11.2 Å². The van der Waals surface area contributed by atoms with E-state index in [9.17, 15) is 4.79 Å². The van der Waals surface area contributed by atoms with Crippen molar-refractivity contribution in [2.75, 3.05) is 5.73 Å². The summed E-state index contributed by atoms with van der Waals surface area (Å²) in [4.78, 5) is 11.8. The molecule has 0 bridgehead atoms. The van der Waals surface area contributed by atoms with Crippen LogP contribution in [0.1, 0.15) is 25.3 Å². The van der Waals surface area contributed by atoms with Crippen LogP contribution >= 0.6 is 0 Å². The lowest BCUT2D eigenvalue weighted by atomic mass is 10.1. The summed E-state index contributed by atoms with van der Waals surface area (Å²) in [5, 5.41) is 14.7. The maximum atomic E-state index is 11.8. The van der Waals surface area contributed by atoms with E-state index < -0.39 is 0 Å². The van der Waals surface area contributed by atoms with E-state index in [1.54, 1.807) is 0 Å². The van der Waals surface area contributed by atoms with Crippen LogP contribution in [0.4, 0.5) is 5.95 Å². The van der Waals surface area contributed by atoms with Crippen molar-refractivity contribution in [3.05, 3.63) is 35.9 Å². The van der Waals surface area contributed by atoms with E-state index in [-0.39, 0.29) is 18.4 Å². The minimum absolute atomic E-state index is 0.0729. The van der Waals surface area contributed by atoms with E-state index in [0.717, 1.165) is 24.1 Å². The van der Waals surface area contributed by atoms with E-state index in [0.29, 0.717) is 0 Å². The normalized spacial score (nSPS) is 11.4. The van der Waals surface area contributed by atoms with Gasteiger partial charge in [-0.15, -0.1) is 0 Å². The highest BCUT2D eigenvalue weighted by molar-refractivity contribution is 6.01. The van der Waals surface area contributed by atoms with Crippen LogP contribution in [0.15, 0.2) is 35.4 Å². The molecule has 2 rings (SSSR count). The third-order valence-corrected chi connectivity index (χ3v) is 2.76. The summed E-state index contributed by atoms with van der Waals surface area (Å²) >= 11 is 0. The van der Waals surface area contributed by atoms with Crippen LogP contribution in [0.5, 0.6) is 0 Å². The molecule has 3 N–H and O–H groups in total. The monoisotopic (exact) mass is 287 g/mol. The van der Waals surface area contributed by atoms with Gasteiger partial charge >= 0.3 is 0 Å². The van der Waals surface area contributed by atoms with Gasteiger partial charge < -0.3 is 5.73 Å². The van der Waals surface area contributed by atoms with Gasteiger partial charge in [0.15, 0.2) is 0 Å². The van der Waals surface area contributed by atoms with Gasteiger partial charge in [-0.25, -0.2) is 10.1 Å². The number of rotatable bonds is 6. The summed E-state index contributed by atoms with van der Waals surface area (Å²) in [5.41, 5.74) is 9.82. The Morgan fingerprint density at radius 3 is 2.76 bits per heavy atom. The zero-order valence-corrected chi connectivity index (χ0v) is 11.7. The van der Waals surface area contributed by atoms with Crippen LogP contribution in [0.25, 0.3) is 0 Å². The van der Waals surface area contributed by atoms with Gasteiger partial charge in [0.1, 0.15) is 6.54 Å². The molecule has 8 heteroatoms. The summed E-state index contributed by atoms with van der Waals surface area (Å²) in [6.45, 7) is 1.98. The Bertz CT molecular complexity index is 620. The fraction of sp³-hybridized carbons (Fsp3) is 0.308. The lowest BCUT2D eigenvalue weighted by Crippen LogP contribution is -2.26. The molecule has 1 aromatic carbocycles. The smallest absolute Gasteiger partial charge is 0.262 e. The Hall–Kier alpha value is -2.77. The third kappa shape index (κ3) is 4.10. The van der Waals surface area contributed by atoms with Gasteiger partial charge in [0.05, 0.1) is 5.71 Å². The molecule has 0 aliphatic carbocycles. The molecule has 0 unspecified atom stereocenters. The first-order valence-corrected chi connectivity index (χ1v) is 6.63. The van der Waals surface area contributed by atoms with Gasteiger partial charge in [-0.2, -0.15) is 5.10 Å². The number of carbonyl (C=O) groups is 1.